The van der Waals surface area contributed by atoms with Crippen LogP contribution in [0, 0.1) is 0 Å². The third kappa shape index (κ3) is 9.90. The molecule has 4 unspecified atom stereocenters. The predicted octanol–water partition coefficient (Wildman–Crippen LogP) is -0.0716. The van der Waals surface area contributed by atoms with Crippen molar-refractivity contribution in [1.82, 2.24) is 16.0 Å². The standard InChI is InChI=1S/C26H32N4O8/c1-15(27)23(34)29-20(14-17-7-9-18(31)10-8-17)25(36)30-21(13-16-5-3-2-4-6-16)24(35)28-19(26(37)38)11-12-22(32)33/h2-10,15,19-21,31H,11-14,27H2,1H3,(H,28,35)(H,29,34)(H,30,36)(H,32,33)(H,37,38). The molecule has 12 nitrogen and oxygen atoms in total. The number of hydrogen-bond donors (Lipinski definition) is 7. The second-order valence-corrected chi connectivity index (χ2v) is 8.80. The smallest absolute Gasteiger partial charge is 0.326 e. The lowest BCUT2D eigenvalue weighted by Gasteiger charge is -2.25. The van der Waals surface area contributed by atoms with Crippen LogP contribution in [0.1, 0.15) is 30.9 Å². The van der Waals surface area contributed by atoms with Gasteiger partial charge < -0.3 is 37.0 Å². The first kappa shape index (κ1) is 29.8. The Hall–Kier alpha value is -4.45. The van der Waals surface area contributed by atoms with Crippen LogP contribution in [0.4, 0.5) is 0 Å². The van der Waals surface area contributed by atoms with Gasteiger partial charge in [-0.3, -0.25) is 19.2 Å². The van der Waals surface area contributed by atoms with Crippen LogP contribution in [0.25, 0.3) is 0 Å². The molecule has 2 aromatic carbocycles. The lowest BCUT2D eigenvalue weighted by atomic mass is 10.0. The molecule has 2 aromatic rings. The molecule has 0 heterocycles. The molecule has 38 heavy (non-hydrogen) atoms. The van der Waals surface area contributed by atoms with E-state index in [4.69, 9.17) is 10.8 Å². The number of phenols is 1. The van der Waals surface area contributed by atoms with E-state index in [1.54, 1.807) is 42.5 Å². The molecule has 0 aliphatic rings. The van der Waals surface area contributed by atoms with Crippen molar-refractivity contribution in [1.29, 1.82) is 0 Å². The molecule has 0 bridgehead atoms. The molecule has 2 rings (SSSR count). The summed E-state index contributed by atoms with van der Waals surface area (Å²) in [6, 6.07) is 9.86. The normalized spacial score (nSPS) is 13.8. The van der Waals surface area contributed by atoms with Gasteiger partial charge in [0.25, 0.3) is 0 Å². The molecule has 8 N–H and O–H groups in total. The molecule has 0 aliphatic carbocycles. The Morgan fingerprint density at radius 3 is 1.68 bits per heavy atom. The highest BCUT2D eigenvalue weighted by atomic mass is 16.4. The lowest BCUT2D eigenvalue weighted by Crippen LogP contribution is -2.58. The highest BCUT2D eigenvalue weighted by molar-refractivity contribution is 5.94. The van der Waals surface area contributed by atoms with Gasteiger partial charge in [0, 0.05) is 19.3 Å². The Bertz CT molecular complexity index is 1120. The number of carbonyl (C=O) groups is 5. The Morgan fingerprint density at radius 1 is 0.737 bits per heavy atom. The van der Waals surface area contributed by atoms with Gasteiger partial charge in [0.2, 0.25) is 17.7 Å². The maximum absolute atomic E-state index is 13.3. The van der Waals surface area contributed by atoms with Crippen LogP contribution < -0.4 is 21.7 Å². The van der Waals surface area contributed by atoms with Crippen LogP contribution in [-0.2, 0) is 36.8 Å². The van der Waals surface area contributed by atoms with Gasteiger partial charge in [-0.15, -0.1) is 0 Å². The number of aromatic hydroxyl groups is 1. The van der Waals surface area contributed by atoms with Crippen molar-refractivity contribution in [2.75, 3.05) is 0 Å². The largest absolute Gasteiger partial charge is 0.508 e. The fourth-order valence-corrected chi connectivity index (χ4v) is 3.51. The summed E-state index contributed by atoms with van der Waals surface area (Å²) in [7, 11) is 0. The summed E-state index contributed by atoms with van der Waals surface area (Å²) in [5.74, 6) is -4.78. The third-order valence-electron chi connectivity index (χ3n) is 5.60. The van der Waals surface area contributed by atoms with Crippen LogP contribution in [0.5, 0.6) is 5.75 Å². The number of carbonyl (C=O) groups excluding carboxylic acids is 3. The molecule has 0 saturated carbocycles. The molecule has 12 heteroatoms. The zero-order valence-electron chi connectivity index (χ0n) is 20.8. The number of carboxylic acids is 2. The third-order valence-corrected chi connectivity index (χ3v) is 5.60. The average Bonchev–Trinajstić information content (AvgIpc) is 2.86. The molecule has 0 saturated heterocycles. The van der Waals surface area contributed by atoms with Gasteiger partial charge in [-0.1, -0.05) is 42.5 Å². The first-order valence-corrected chi connectivity index (χ1v) is 11.9. The van der Waals surface area contributed by atoms with Crippen molar-refractivity contribution < 1.29 is 39.3 Å². The summed E-state index contributed by atoms with van der Waals surface area (Å²) >= 11 is 0. The number of rotatable bonds is 14. The molecular formula is C26H32N4O8. The van der Waals surface area contributed by atoms with E-state index in [1.165, 1.54) is 19.1 Å². The topological polar surface area (TPSA) is 208 Å². The van der Waals surface area contributed by atoms with Gasteiger partial charge in [-0.25, -0.2) is 4.79 Å². The number of aliphatic carboxylic acids is 2. The molecule has 0 radical (unpaired) electrons. The molecule has 204 valence electrons. The van der Waals surface area contributed by atoms with Gasteiger partial charge in [-0.2, -0.15) is 0 Å². The zero-order valence-corrected chi connectivity index (χ0v) is 20.8. The van der Waals surface area contributed by atoms with Crippen molar-refractivity contribution in [2.24, 2.45) is 5.73 Å². The minimum atomic E-state index is -1.49. The van der Waals surface area contributed by atoms with Crippen LogP contribution in [0.15, 0.2) is 54.6 Å². The van der Waals surface area contributed by atoms with Crippen molar-refractivity contribution >= 4 is 29.7 Å². The van der Waals surface area contributed by atoms with Gasteiger partial charge in [0.1, 0.15) is 23.9 Å². The van der Waals surface area contributed by atoms with Gasteiger partial charge in [0.15, 0.2) is 0 Å². The quantitative estimate of drug-likeness (QED) is 0.175. The van der Waals surface area contributed by atoms with Gasteiger partial charge >= 0.3 is 11.9 Å². The zero-order chi connectivity index (χ0) is 28.2. The maximum atomic E-state index is 13.3. The summed E-state index contributed by atoms with van der Waals surface area (Å²) in [6.45, 7) is 1.44. The second kappa shape index (κ2) is 14.3. The summed E-state index contributed by atoms with van der Waals surface area (Å²) in [4.78, 5) is 61.2. The van der Waals surface area contributed by atoms with E-state index in [2.05, 4.69) is 16.0 Å². The van der Waals surface area contributed by atoms with E-state index in [-0.39, 0.29) is 25.0 Å². The predicted molar refractivity (Wildman–Crippen MR) is 136 cm³/mol. The second-order valence-electron chi connectivity index (χ2n) is 8.80. The van der Waals surface area contributed by atoms with E-state index in [0.717, 1.165) is 0 Å². The first-order valence-electron chi connectivity index (χ1n) is 11.9. The van der Waals surface area contributed by atoms with Gasteiger partial charge in [-0.05, 0) is 36.6 Å². The Kier molecular flexibility index (Phi) is 11.2. The maximum Gasteiger partial charge on any atom is 0.326 e. The highest BCUT2D eigenvalue weighted by Crippen LogP contribution is 2.12. The number of benzene rings is 2. The Morgan fingerprint density at radius 2 is 1.21 bits per heavy atom. The number of phenolic OH excluding ortho intramolecular Hbond substituents is 1. The van der Waals surface area contributed by atoms with Crippen molar-refractivity contribution in [3.8, 4) is 5.75 Å². The number of nitrogens with two attached hydrogens (primary N) is 1. The molecule has 0 aliphatic heterocycles. The minimum absolute atomic E-state index is 0.00312. The van der Waals surface area contributed by atoms with Crippen molar-refractivity contribution in [3.05, 3.63) is 65.7 Å². The van der Waals surface area contributed by atoms with E-state index in [9.17, 15) is 34.2 Å². The SMILES string of the molecule is CC(N)C(=O)NC(Cc1ccc(O)cc1)C(=O)NC(Cc1ccccc1)C(=O)NC(CCC(=O)O)C(=O)O. The monoisotopic (exact) mass is 528 g/mol. The summed E-state index contributed by atoms with van der Waals surface area (Å²) in [6.07, 6.45) is -0.821. The fraction of sp³-hybridized carbons (Fsp3) is 0.346. The molecule has 3 amide bonds. The summed E-state index contributed by atoms with van der Waals surface area (Å²) in [5.41, 5.74) is 6.92. The van der Waals surface area contributed by atoms with Crippen LogP contribution >= 0.6 is 0 Å². The Labute approximate surface area is 219 Å². The number of carboxylic acid groups (broad SMARTS) is 2. The number of nitrogens with one attached hydrogen (secondary N) is 3. The van der Waals surface area contributed by atoms with E-state index in [1.807, 2.05) is 0 Å². The molecule has 0 aromatic heterocycles. The van der Waals surface area contributed by atoms with E-state index >= 15 is 0 Å². The van der Waals surface area contributed by atoms with Crippen molar-refractivity contribution in [3.63, 3.8) is 0 Å². The Balaban J connectivity index is 2.28. The highest BCUT2D eigenvalue weighted by Gasteiger charge is 2.30. The average molecular weight is 529 g/mol. The summed E-state index contributed by atoms with van der Waals surface area (Å²) < 4.78 is 0. The first-order chi connectivity index (χ1) is 18.0. The lowest BCUT2D eigenvalue weighted by molar-refractivity contribution is -0.143. The molecular weight excluding hydrogens is 496 g/mol. The van der Waals surface area contributed by atoms with Crippen LogP contribution in [0.3, 0.4) is 0 Å². The summed E-state index contributed by atoms with van der Waals surface area (Å²) in [5, 5.41) is 35.3. The van der Waals surface area contributed by atoms with Crippen molar-refractivity contribution in [2.45, 2.75) is 56.8 Å². The van der Waals surface area contributed by atoms with E-state index < -0.39 is 60.2 Å². The minimum Gasteiger partial charge on any atom is -0.508 e. The number of hydrogen-bond acceptors (Lipinski definition) is 7. The van der Waals surface area contributed by atoms with E-state index in [0.29, 0.717) is 11.1 Å². The van der Waals surface area contributed by atoms with Gasteiger partial charge in [0.05, 0.1) is 6.04 Å². The van der Waals surface area contributed by atoms with Crippen LogP contribution in [-0.4, -0.2) is 69.1 Å². The molecule has 0 spiro atoms. The molecule has 4 atom stereocenters. The number of amides is 3. The fourth-order valence-electron chi connectivity index (χ4n) is 3.51. The van der Waals surface area contributed by atoms with Crippen LogP contribution in [0.2, 0.25) is 0 Å². The molecule has 0 fully saturated rings.